The Balaban J connectivity index is 1.44. The molecule has 0 saturated carbocycles. The van der Waals surface area contributed by atoms with Crippen LogP contribution in [0.15, 0.2) is 48.5 Å². The number of nitro benzene ring substituents is 1. The summed E-state index contributed by atoms with van der Waals surface area (Å²) < 4.78 is 0. The summed E-state index contributed by atoms with van der Waals surface area (Å²) in [6.45, 7) is 3.83. The number of non-ortho nitro benzene ring substituents is 1. The number of anilines is 1. The van der Waals surface area contributed by atoms with Crippen molar-refractivity contribution in [3.63, 3.8) is 0 Å². The smallest absolute Gasteiger partial charge is 0.279 e. The largest absolute Gasteiger partial charge is 0.349 e. The van der Waals surface area contributed by atoms with Crippen molar-refractivity contribution in [2.24, 2.45) is 0 Å². The minimum atomic E-state index is -0.490. The first-order valence-electron chi connectivity index (χ1n) is 9.66. The molecule has 0 aliphatic carbocycles. The highest BCUT2D eigenvalue weighted by Crippen LogP contribution is 2.16. The first kappa shape index (κ1) is 20.5. The molecule has 0 spiro atoms. The van der Waals surface area contributed by atoms with Crippen LogP contribution in [0.5, 0.6) is 0 Å². The Morgan fingerprint density at radius 1 is 1.14 bits per heavy atom. The van der Waals surface area contributed by atoms with Crippen LogP contribution in [-0.4, -0.2) is 42.4 Å². The normalized spacial score (nSPS) is 18.7. The fourth-order valence-corrected chi connectivity index (χ4v) is 3.45. The molecule has 1 aliphatic rings. The van der Waals surface area contributed by atoms with Crippen molar-refractivity contribution in [1.29, 1.82) is 0 Å². The van der Waals surface area contributed by atoms with Crippen molar-refractivity contribution in [2.75, 3.05) is 25.0 Å². The van der Waals surface area contributed by atoms with Crippen LogP contribution in [0, 0.1) is 17.0 Å². The maximum atomic E-state index is 12.3. The van der Waals surface area contributed by atoms with Gasteiger partial charge < -0.3 is 15.5 Å². The van der Waals surface area contributed by atoms with E-state index in [1.165, 1.54) is 12.1 Å². The molecule has 1 heterocycles. The van der Waals surface area contributed by atoms with Crippen molar-refractivity contribution >= 4 is 23.2 Å². The molecule has 2 amide bonds. The van der Waals surface area contributed by atoms with E-state index in [-0.39, 0.29) is 23.5 Å². The molecule has 29 heavy (non-hydrogen) atoms. The summed E-state index contributed by atoms with van der Waals surface area (Å²) in [4.78, 5) is 36.1. The first-order valence-corrected chi connectivity index (χ1v) is 9.66. The average molecular weight is 397 g/mol. The highest BCUT2D eigenvalue weighted by molar-refractivity contribution is 5.94. The zero-order chi connectivity index (χ0) is 20.8. The Morgan fingerprint density at radius 2 is 1.83 bits per heavy atom. The molecule has 3 rings (SSSR count). The van der Waals surface area contributed by atoms with Gasteiger partial charge in [0.2, 0.25) is 0 Å². The van der Waals surface area contributed by atoms with Crippen LogP contribution in [0.25, 0.3) is 0 Å². The van der Waals surface area contributed by atoms with Crippen LogP contribution in [0.1, 0.15) is 28.8 Å². The molecule has 1 aliphatic heterocycles. The number of nitrogens with one attached hydrogen (secondary N) is 3. The third kappa shape index (κ3) is 5.86. The van der Waals surface area contributed by atoms with E-state index in [0.717, 1.165) is 36.4 Å². The van der Waals surface area contributed by atoms with E-state index < -0.39 is 4.92 Å². The van der Waals surface area contributed by atoms with Crippen LogP contribution in [0.4, 0.5) is 11.4 Å². The van der Waals surface area contributed by atoms with Gasteiger partial charge in [0.1, 0.15) is 0 Å². The Labute approximate surface area is 169 Å². The number of nitro groups is 1. The van der Waals surface area contributed by atoms with Crippen molar-refractivity contribution in [3.05, 3.63) is 69.8 Å². The Morgan fingerprint density at radius 3 is 2.48 bits per heavy atom. The van der Waals surface area contributed by atoms with E-state index in [9.17, 15) is 19.7 Å². The lowest BCUT2D eigenvalue weighted by atomic mass is 10.0. The van der Waals surface area contributed by atoms with Gasteiger partial charge in [-0.05, 0) is 25.1 Å². The van der Waals surface area contributed by atoms with E-state index in [1.54, 1.807) is 12.1 Å². The second-order valence-electron chi connectivity index (χ2n) is 7.40. The third-order valence-corrected chi connectivity index (χ3v) is 5.09. The SMILES string of the molecule is Cc1ccc(C(=O)NC2CC[NH+](CC(=O)Nc3cccc([N+](=O)[O-])c3)CC2)cc1. The molecule has 2 aromatic carbocycles. The van der Waals surface area contributed by atoms with Gasteiger partial charge in [-0.2, -0.15) is 0 Å². The molecule has 0 atom stereocenters. The number of hydrogen-bond acceptors (Lipinski definition) is 4. The second kappa shape index (κ2) is 9.29. The van der Waals surface area contributed by atoms with Crippen LogP contribution in [0.3, 0.4) is 0 Å². The number of benzene rings is 2. The number of aryl methyl sites for hydroxylation is 1. The van der Waals surface area contributed by atoms with E-state index >= 15 is 0 Å². The van der Waals surface area contributed by atoms with Gasteiger partial charge in [-0.15, -0.1) is 0 Å². The number of rotatable bonds is 6. The molecule has 2 aromatic rings. The Kier molecular flexibility index (Phi) is 6.56. The topological polar surface area (TPSA) is 106 Å². The molecule has 0 unspecified atom stereocenters. The average Bonchev–Trinajstić information content (AvgIpc) is 2.70. The summed E-state index contributed by atoms with van der Waals surface area (Å²) in [7, 11) is 0. The Bertz CT molecular complexity index is 890. The van der Waals surface area contributed by atoms with E-state index in [2.05, 4.69) is 10.6 Å². The molecule has 0 aromatic heterocycles. The minimum absolute atomic E-state index is 0.0553. The van der Waals surface area contributed by atoms with E-state index in [1.807, 2.05) is 31.2 Å². The number of amides is 2. The van der Waals surface area contributed by atoms with Crippen molar-refractivity contribution in [2.45, 2.75) is 25.8 Å². The number of quaternary nitrogens is 1. The maximum Gasteiger partial charge on any atom is 0.279 e. The standard InChI is InChI=1S/C21H24N4O4/c1-15-5-7-16(8-6-15)21(27)23-17-9-11-24(12-10-17)14-20(26)22-18-3-2-4-19(13-18)25(28)29/h2-8,13,17H,9-12,14H2,1H3,(H,22,26)(H,23,27)/p+1. The van der Waals surface area contributed by atoms with Crippen molar-refractivity contribution in [3.8, 4) is 0 Å². The third-order valence-electron chi connectivity index (χ3n) is 5.09. The van der Waals surface area contributed by atoms with Gasteiger partial charge in [0.05, 0.1) is 18.0 Å². The molecule has 1 saturated heterocycles. The molecule has 8 nitrogen and oxygen atoms in total. The summed E-state index contributed by atoms with van der Waals surface area (Å²) >= 11 is 0. The molecule has 1 fully saturated rings. The molecule has 0 radical (unpaired) electrons. The van der Waals surface area contributed by atoms with E-state index in [4.69, 9.17) is 0 Å². The van der Waals surface area contributed by atoms with Crippen molar-refractivity contribution < 1.29 is 19.4 Å². The number of nitrogens with zero attached hydrogens (tertiary/aromatic N) is 1. The molecule has 0 bridgehead atoms. The Hall–Kier alpha value is -3.26. The van der Waals surface area contributed by atoms with Crippen LogP contribution in [-0.2, 0) is 4.79 Å². The highest BCUT2D eigenvalue weighted by atomic mass is 16.6. The molecule has 152 valence electrons. The molecule has 8 heteroatoms. The van der Waals surface area contributed by atoms with Gasteiger partial charge in [0.25, 0.3) is 17.5 Å². The van der Waals surface area contributed by atoms with Gasteiger partial charge in [0.15, 0.2) is 6.54 Å². The molecule has 3 N–H and O–H groups in total. The second-order valence-corrected chi connectivity index (χ2v) is 7.40. The first-order chi connectivity index (χ1) is 13.9. The lowest BCUT2D eigenvalue weighted by molar-refractivity contribution is -0.897. The van der Waals surface area contributed by atoms with Gasteiger partial charge in [-0.3, -0.25) is 19.7 Å². The summed E-state index contributed by atoms with van der Waals surface area (Å²) in [5.41, 5.74) is 2.13. The molecular weight excluding hydrogens is 372 g/mol. The quantitative estimate of drug-likeness (QED) is 0.505. The zero-order valence-corrected chi connectivity index (χ0v) is 16.3. The van der Waals surface area contributed by atoms with Crippen LogP contribution >= 0.6 is 0 Å². The fraction of sp³-hybridized carbons (Fsp3) is 0.333. The fourth-order valence-electron chi connectivity index (χ4n) is 3.45. The summed E-state index contributed by atoms with van der Waals surface area (Å²) in [5, 5.41) is 16.6. The van der Waals surface area contributed by atoms with Gasteiger partial charge in [-0.1, -0.05) is 23.8 Å². The zero-order valence-electron chi connectivity index (χ0n) is 16.3. The maximum absolute atomic E-state index is 12.3. The number of likely N-dealkylation sites (tertiary alicyclic amines) is 1. The minimum Gasteiger partial charge on any atom is -0.349 e. The summed E-state index contributed by atoms with van der Waals surface area (Å²) in [6.07, 6.45) is 1.61. The number of carbonyl (C=O) groups excluding carboxylic acids is 2. The number of hydrogen-bond donors (Lipinski definition) is 3. The predicted octanol–water partition coefficient (Wildman–Crippen LogP) is 1.32. The lowest BCUT2D eigenvalue weighted by Gasteiger charge is -2.29. The monoisotopic (exact) mass is 397 g/mol. The van der Waals surface area contributed by atoms with E-state index in [0.29, 0.717) is 17.8 Å². The van der Waals surface area contributed by atoms with Crippen LogP contribution < -0.4 is 15.5 Å². The van der Waals surface area contributed by atoms with Gasteiger partial charge in [0, 0.05) is 42.3 Å². The summed E-state index contributed by atoms with van der Waals surface area (Å²) in [5.74, 6) is -0.246. The van der Waals surface area contributed by atoms with Crippen molar-refractivity contribution in [1.82, 2.24) is 5.32 Å². The molecular formula is C21H25N4O4+. The van der Waals surface area contributed by atoms with Crippen LogP contribution in [0.2, 0.25) is 0 Å². The highest BCUT2D eigenvalue weighted by Gasteiger charge is 2.25. The predicted molar refractivity (Wildman–Crippen MR) is 109 cm³/mol. The van der Waals surface area contributed by atoms with Gasteiger partial charge in [-0.25, -0.2) is 0 Å². The number of carbonyl (C=O) groups is 2. The van der Waals surface area contributed by atoms with Gasteiger partial charge >= 0.3 is 0 Å². The number of piperidine rings is 1. The lowest BCUT2D eigenvalue weighted by Crippen LogP contribution is -3.14. The summed E-state index contributed by atoms with van der Waals surface area (Å²) in [6, 6.07) is 13.5.